The van der Waals surface area contributed by atoms with E-state index in [0.29, 0.717) is 6.42 Å². The number of hydrogen-bond acceptors (Lipinski definition) is 2. The third-order valence-corrected chi connectivity index (χ3v) is 5.86. The molecule has 0 fully saturated rings. The Kier molecular flexibility index (Phi) is 10.4. The molecule has 2 N–H and O–H groups in total. The van der Waals surface area contributed by atoms with Crippen LogP contribution in [0.5, 0.6) is 0 Å². The van der Waals surface area contributed by atoms with Crippen molar-refractivity contribution >= 4 is 0 Å². The highest BCUT2D eigenvalue weighted by atomic mass is 19.1. The van der Waals surface area contributed by atoms with Crippen molar-refractivity contribution in [1.29, 1.82) is 0 Å². The first-order valence-corrected chi connectivity index (χ1v) is 11.2. The summed E-state index contributed by atoms with van der Waals surface area (Å²) >= 11 is 0. The van der Waals surface area contributed by atoms with Crippen LogP contribution in [-0.4, -0.2) is 23.4 Å². The lowest BCUT2D eigenvalue weighted by atomic mass is 9.93. The molecule has 0 bridgehead atoms. The average molecular weight is 401 g/mol. The second-order valence-electron chi connectivity index (χ2n) is 8.11. The van der Waals surface area contributed by atoms with Gasteiger partial charge >= 0.3 is 0 Å². The van der Waals surface area contributed by atoms with Crippen molar-refractivity contribution in [3.63, 3.8) is 0 Å². The maximum atomic E-state index is 14.5. The molecule has 0 saturated carbocycles. The first-order chi connectivity index (χ1) is 14.1. The summed E-state index contributed by atoms with van der Waals surface area (Å²) in [6.45, 7) is 4.39. The monoisotopic (exact) mass is 400 g/mol. The predicted octanol–water partition coefficient (Wildman–Crippen LogP) is 5.44. The summed E-state index contributed by atoms with van der Waals surface area (Å²) < 4.78 is 14.5. The number of benzene rings is 2. The lowest BCUT2D eigenvalue weighted by Gasteiger charge is -2.14. The fourth-order valence-electron chi connectivity index (χ4n) is 3.82. The molecule has 0 aliphatic heterocycles. The van der Waals surface area contributed by atoms with Crippen molar-refractivity contribution in [3.05, 3.63) is 70.0 Å². The highest BCUT2D eigenvalue weighted by molar-refractivity contribution is 5.34. The van der Waals surface area contributed by atoms with Gasteiger partial charge in [-0.3, -0.25) is 0 Å². The van der Waals surface area contributed by atoms with Crippen molar-refractivity contribution in [2.24, 2.45) is 5.92 Å². The van der Waals surface area contributed by atoms with E-state index in [9.17, 15) is 14.6 Å². The largest absolute Gasteiger partial charge is 0.396 e. The predicted molar refractivity (Wildman–Crippen MR) is 119 cm³/mol. The normalized spacial score (nSPS) is 11.4. The summed E-state index contributed by atoms with van der Waals surface area (Å²) in [5.41, 5.74) is 5.72. The zero-order valence-electron chi connectivity index (χ0n) is 18.1. The second kappa shape index (κ2) is 12.8. The highest BCUT2D eigenvalue weighted by Gasteiger charge is 2.10. The third-order valence-electron chi connectivity index (χ3n) is 5.86. The van der Waals surface area contributed by atoms with E-state index in [0.717, 1.165) is 49.7 Å². The van der Waals surface area contributed by atoms with Gasteiger partial charge in [0.25, 0.3) is 0 Å². The lowest BCUT2D eigenvalue weighted by molar-refractivity contribution is 0.144. The molecular formula is C26H37FO2. The van der Waals surface area contributed by atoms with Crippen LogP contribution in [0.4, 0.5) is 4.39 Å². The molecule has 160 valence electrons. The number of unbranched alkanes of at least 4 members (excludes halogenated alkanes) is 2. The molecule has 0 aliphatic rings. The van der Waals surface area contributed by atoms with Gasteiger partial charge in [-0.15, -0.1) is 0 Å². The molecule has 0 heterocycles. The number of hydrogen-bond donors (Lipinski definition) is 2. The van der Waals surface area contributed by atoms with Gasteiger partial charge in [-0.1, -0.05) is 57.0 Å². The molecule has 2 rings (SSSR count). The van der Waals surface area contributed by atoms with Gasteiger partial charge in [0.05, 0.1) is 0 Å². The molecule has 0 unspecified atom stereocenters. The van der Waals surface area contributed by atoms with Crippen LogP contribution < -0.4 is 0 Å². The SMILES string of the molecule is CCCCCc1ccc(CCc2ccc(CCC(CO)CO)cc2CC)c(F)c1. The standard InChI is InChI=1S/C26H37FO2/c1-3-5-6-7-20-11-13-25(26(27)17-20)15-14-24-12-10-21(16-23(24)4-2)8-9-22(18-28)19-29/h10-13,16-17,22,28-29H,3-9,14-15,18-19H2,1-2H3. The van der Waals surface area contributed by atoms with Crippen molar-refractivity contribution in [2.75, 3.05) is 13.2 Å². The fourth-order valence-corrected chi connectivity index (χ4v) is 3.82. The summed E-state index contributed by atoms with van der Waals surface area (Å²) in [4.78, 5) is 0. The Hall–Kier alpha value is -1.71. The Morgan fingerprint density at radius 3 is 2.03 bits per heavy atom. The maximum Gasteiger partial charge on any atom is 0.126 e. The molecule has 2 nitrogen and oxygen atoms in total. The molecule has 2 aromatic carbocycles. The Bertz CT molecular complexity index is 737. The molecule has 0 radical (unpaired) electrons. The minimum absolute atomic E-state index is 0.0260. The minimum Gasteiger partial charge on any atom is -0.396 e. The van der Waals surface area contributed by atoms with Gasteiger partial charge < -0.3 is 10.2 Å². The van der Waals surface area contributed by atoms with Gasteiger partial charge in [-0.25, -0.2) is 4.39 Å². The minimum atomic E-state index is -0.0762. The first-order valence-electron chi connectivity index (χ1n) is 11.2. The fraction of sp³-hybridized carbons (Fsp3) is 0.538. The van der Waals surface area contributed by atoms with E-state index in [-0.39, 0.29) is 24.9 Å². The topological polar surface area (TPSA) is 40.5 Å². The van der Waals surface area contributed by atoms with Crippen LogP contribution in [0.15, 0.2) is 36.4 Å². The molecule has 29 heavy (non-hydrogen) atoms. The Morgan fingerprint density at radius 1 is 0.759 bits per heavy atom. The highest BCUT2D eigenvalue weighted by Crippen LogP contribution is 2.20. The van der Waals surface area contributed by atoms with Crippen LogP contribution in [0.2, 0.25) is 0 Å². The van der Waals surface area contributed by atoms with E-state index in [1.165, 1.54) is 29.5 Å². The molecular weight excluding hydrogens is 363 g/mol. The van der Waals surface area contributed by atoms with Crippen molar-refractivity contribution in [2.45, 2.75) is 71.6 Å². The Labute approximate surface area is 175 Å². The van der Waals surface area contributed by atoms with Gasteiger partial charge in [0.1, 0.15) is 5.82 Å². The summed E-state index contributed by atoms with van der Waals surface area (Å²) in [6.07, 6.45) is 8.60. The smallest absolute Gasteiger partial charge is 0.126 e. The Balaban J connectivity index is 1.97. The maximum absolute atomic E-state index is 14.5. The van der Waals surface area contributed by atoms with E-state index < -0.39 is 0 Å². The number of aryl methyl sites for hydroxylation is 5. The number of halogens is 1. The molecule has 2 aromatic rings. The van der Waals surface area contributed by atoms with Gasteiger partial charge in [-0.05, 0) is 78.8 Å². The first kappa shape index (κ1) is 23.6. The average Bonchev–Trinajstić information content (AvgIpc) is 2.74. The van der Waals surface area contributed by atoms with Crippen LogP contribution >= 0.6 is 0 Å². The summed E-state index contributed by atoms with van der Waals surface area (Å²) in [6, 6.07) is 12.3. The number of rotatable bonds is 13. The van der Waals surface area contributed by atoms with Crippen molar-refractivity contribution in [1.82, 2.24) is 0 Å². The quantitative estimate of drug-likeness (QED) is 0.440. The van der Waals surface area contributed by atoms with E-state index in [1.807, 2.05) is 6.07 Å². The molecule has 0 aliphatic carbocycles. The molecule has 0 aromatic heterocycles. The lowest BCUT2D eigenvalue weighted by Crippen LogP contribution is -2.12. The van der Waals surface area contributed by atoms with Gasteiger partial charge in [0.15, 0.2) is 0 Å². The zero-order valence-corrected chi connectivity index (χ0v) is 18.1. The molecule has 0 spiro atoms. The number of aliphatic hydroxyl groups excluding tert-OH is 2. The third kappa shape index (κ3) is 7.56. The second-order valence-corrected chi connectivity index (χ2v) is 8.11. The van der Waals surface area contributed by atoms with Crippen LogP contribution in [0.3, 0.4) is 0 Å². The van der Waals surface area contributed by atoms with Crippen LogP contribution in [-0.2, 0) is 32.1 Å². The molecule has 3 heteroatoms. The zero-order chi connectivity index (χ0) is 21.1. The summed E-state index contributed by atoms with van der Waals surface area (Å²) in [5, 5.41) is 18.5. The molecule has 0 saturated heterocycles. The molecule has 0 amide bonds. The van der Waals surface area contributed by atoms with E-state index in [2.05, 4.69) is 38.1 Å². The van der Waals surface area contributed by atoms with E-state index >= 15 is 0 Å². The van der Waals surface area contributed by atoms with E-state index in [1.54, 1.807) is 6.07 Å². The number of aliphatic hydroxyl groups is 2. The Morgan fingerprint density at radius 2 is 1.41 bits per heavy atom. The van der Waals surface area contributed by atoms with E-state index in [4.69, 9.17) is 0 Å². The van der Waals surface area contributed by atoms with Gasteiger partial charge in [-0.2, -0.15) is 0 Å². The summed E-state index contributed by atoms with van der Waals surface area (Å²) in [5.74, 6) is -0.125. The summed E-state index contributed by atoms with van der Waals surface area (Å²) in [7, 11) is 0. The van der Waals surface area contributed by atoms with Crippen LogP contribution in [0.25, 0.3) is 0 Å². The van der Waals surface area contributed by atoms with Gasteiger partial charge in [0.2, 0.25) is 0 Å². The van der Waals surface area contributed by atoms with Crippen molar-refractivity contribution < 1.29 is 14.6 Å². The van der Waals surface area contributed by atoms with Gasteiger partial charge in [0, 0.05) is 19.1 Å². The van der Waals surface area contributed by atoms with Crippen molar-refractivity contribution in [3.8, 4) is 0 Å². The van der Waals surface area contributed by atoms with Crippen LogP contribution in [0.1, 0.15) is 67.3 Å². The molecule has 0 atom stereocenters. The van der Waals surface area contributed by atoms with Crippen LogP contribution in [0, 0.1) is 11.7 Å².